The molecule has 0 fully saturated rings. The van der Waals surface area contributed by atoms with Crippen LogP contribution in [0.1, 0.15) is 13.8 Å². The first kappa shape index (κ1) is 16.6. The Morgan fingerprint density at radius 1 is 1.27 bits per heavy atom. The predicted octanol–water partition coefficient (Wildman–Crippen LogP) is 4.23. The van der Waals surface area contributed by atoms with Crippen LogP contribution in [-0.2, 0) is 0 Å². The Bertz CT molecular complexity index is 1030. The molecule has 0 bridgehead atoms. The summed E-state index contributed by atoms with van der Waals surface area (Å²) in [5.74, 6) is 1.15. The molecule has 6 nitrogen and oxygen atoms in total. The molecule has 7 heteroatoms. The summed E-state index contributed by atoms with van der Waals surface area (Å²) < 4.78 is 0. The number of aliphatic imine (C=N–C) groups is 1. The van der Waals surface area contributed by atoms with Gasteiger partial charge >= 0.3 is 0 Å². The zero-order valence-electron chi connectivity index (χ0n) is 14.5. The second kappa shape index (κ2) is 7.15. The first-order valence-electron chi connectivity index (χ1n) is 8.40. The number of fused-ring (bicyclic) bond motifs is 1. The van der Waals surface area contributed by atoms with E-state index < -0.39 is 0 Å². The molecule has 130 valence electrons. The van der Waals surface area contributed by atoms with Gasteiger partial charge in [-0.25, -0.2) is 4.98 Å². The monoisotopic (exact) mass is 362 g/mol. The van der Waals surface area contributed by atoms with Crippen molar-refractivity contribution in [1.82, 2.24) is 20.2 Å². The first-order valence-corrected chi connectivity index (χ1v) is 9.21. The maximum Gasteiger partial charge on any atom is 0.167 e. The van der Waals surface area contributed by atoms with E-state index in [0.717, 1.165) is 38.1 Å². The third kappa shape index (κ3) is 3.40. The Morgan fingerprint density at radius 2 is 2.19 bits per heavy atom. The topological polar surface area (TPSA) is 78.9 Å². The fraction of sp³-hybridized carbons (Fsp3) is 0.211. The van der Waals surface area contributed by atoms with Gasteiger partial charge in [0.25, 0.3) is 0 Å². The van der Waals surface area contributed by atoms with Crippen LogP contribution in [0.15, 0.2) is 58.5 Å². The van der Waals surface area contributed by atoms with Gasteiger partial charge in [0.1, 0.15) is 5.82 Å². The maximum atomic E-state index is 4.78. The highest BCUT2D eigenvalue weighted by Gasteiger charge is 2.13. The van der Waals surface area contributed by atoms with Crippen LogP contribution in [0.25, 0.3) is 22.2 Å². The molecule has 0 aromatic carbocycles. The van der Waals surface area contributed by atoms with E-state index in [1.807, 2.05) is 30.5 Å². The molecule has 3 aromatic heterocycles. The minimum Gasteiger partial charge on any atom is -0.319 e. The molecule has 2 N–H and O–H groups in total. The largest absolute Gasteiger partial charge is 0.319 e. The standard InChI is InChI=1S/C19H18N6S/c1-12(2)16-4-3-8-21-19(26-16)25-17-6-5-15-18(24-17)14(7-9-20-15)13-10-22-23-11-13/h3,5-7,9-12H,8H2,1-2H3,(H,22,23)(H,21,24,25). The number of rotatable bonds is 3. The second-order valence-electron chi connectivity index (χ2n) is 6.15. The molecule has 26 heavy (non-hydrogen) atoms. The molecule has 0 atom stereocenters. The van der Waals surface area contributed by atoms with E-state index in [1.165, 1.54) is 0 Å². The highest BCUT2D eigenvalue weighted by Crippen LogP contribution is 2.28. The first-order chi connectivity index (χ1) is 12.7. The van der Waals surface area contributed by atoms with Crippen LogP contribution in [0.2, 0.25) is 0 Å². The lowest BCUT2D eigenvalue weighted by Gasteiger charge is -2.12. The van der Waals surface area contributed by atoms with Crippen LogP contribution in [0.5, 0.6) is 0 Å². The Balaban J connectivity index is 1.67. The van der Waals surface area contributed by atoms with Gasteiger partial charge in [-0.15, -0.1) is 5.73 Å². The van der Waals surface area contributed by atoms with E-state index in [2.05, 4.69) is 45.1 Å². The van der Waals surface area contributed by atoms with E-state index in [0.29, 0.717) is 12.5 Å². The van der Waals surface area contributed by atoms with Gasteiger partial charge in [0.2, 0.25) is 0 Å². The van der Waals surface area contributed by atoms with Gasteiger partial charge in [-0.3, -0.25) is 15.1 Å². The summed E-state index contributed by atoms with van der Waals surface area (Å²) >= 11 is 1.61. The summed E-state index contributed by atoms with van der Waals surface area (Å²) in [7, 11) is 0. The number of nitrogens with one attached hydrogen (secondary N) is 2. The van der Waals surface area contributed by atoms with Gasteiger partial charge in [-0.2, -0.15) is 5.10 Å². The Hall–Kier alpha value is -2.89. The maximum absolute atomic E-state index is 4.78. The summed E-state index contributed by atoms with van der Waals surface area (Å²) in [4.78, 5) is 14.9. The van der Waals surface area contributed by atoms with Crippen LogP contribution in [-0.4, -0.2) is 31.9 Å². The number of hydrogen-bond donors (Lipinski definition) is 2. The summed E-state index contributed by atoms with van der Waals surface area (Å²) in [5.41, 5.74) is 6.96. The van der Waals surface area contributed by atoms with Crippen molar-refractivity contribution in [1.29, 1.82) is 0 Å². The van der Waals surface area contributed by atoms with Gasteiger partial charge in [0, 0.05) is 28.4 Å². The Morgan fingerprint density at radius 3 is 3.00 bits per heavy atom. The van der Waals surface area contributed by atoms with Crippen molar-refractivity contribution < 1.29 is 0 Å². The third-order valence-electron chi connectivity index (χ3n) is 3.93. The molecular formula is C19H18N6S. The minimum atomic E-state index is 0.405. The quantitative estimate of drug-likeness (QED) is 0.682. The van der Waals surface area contributed by atoms with E-state index in [-0.39, 0.29) is 0 Å². The summed E-state index contributed by atoms with van der Waals surface area (Å²) in [6.45, 7) is 4.92. The molecular weight excluding hydrogens is 344 g/mol. The fourth-order valence-electron chi connectivity index (χ4n) is 2.63. The molecule has 0 aliphatic carbocycles. The van der Waals surface area contributed by atoms with Crippen molar-refractivity contribution in [3.05, 3.63) is 53.5 Å². The smallest absolute Gasteiger partial charge is 0.167 e. The van der Waals surface area contributed by atoms with E-state index >= 15 is 0 Å². The van der Waals surface area contributed by atoms with Crippen molar-refractivity contribution in [2.24, 2.45) is 10.9 Å². The average molecular weight is 362 g/mol. The molecule has 4 rings (SSSR count). The average Bonchev–Trinajstić information content (AvgIpc) is 3.07. The van der Waals surface area contributed by atoms with Crippen molar-refractivity contribution in [3.63, 3.8) is 0 Å². The lowest BCUT2D eigenvalue weighted by atomic mass is 10.1. The highest BCUT2D eigenvalue weighted by molar-refractivity contribution is 8.17. The van der Waals surface area contributed by atoms with Crippen molar-refractivity contribution in [2.45, 2.75) is 13.8 Å². The van der Waals surface area contributed by atoms with E-state index in [1.54, 1.807) is 24.2 Å². The van der Waals surface area contributed by atoms with Crippen molar-refractivity contribution >= 4 is 33.8 Å². The van der Waals surface area contributed by atoms with Crippen LogP contribution in [0.3, 0.4) is 0 Å². The van der Waals surface area contributed by atoms with Crippen LogP contribution >= 0.6 is 11.8 Å². The molecule has 0 spiro atoms. The Labute approximate surface area is 155 Å². The minimum absolute atomic E-state index is 0.405. The van der Waals surface area contributed by atoms with Crippen LogP contribution < -0.4 is 5.32 Å². The van der Waals surface area contributed by atoms with E-state index in [4.69, 9.17) is 4.98 Å². The molecule has 0 radical (unpaired) electrons. The van der Waals surface area contributed by atoms with Gasteiger partial charge in [0.05, 0.1) is 23.8 Å². The molecule has 1 aliphatic heterocycles. The molecule has 0 unspecified atom stereocenters. The number of hydrogen-bond acceptors (Lipinski definition) is 6. The number of pyridine rings is 2. The van der Waals surface area contributed by atoms with Gasteiger partial charge < -0.3 is 5.32 Å². The van der Waals surface area contributed by atoms with E-state index in [9.17, 15) is 0 Å². The van der Waals surface area contributed by atoms with Gasteiger partial charge in [-0.1, -0.05) is 13.8 Å². The van der Waals surface area contributed by atoms with Crippen LogP contribution in [0.4, 0.5) is 5.82 Å². The molecule has 3 aromatic rings. The summed E-state index contributed by atoms with van der Waals surface area (Å²) in [6, 6.07) is 5.84. The number of aromatic amines is 1. The summed E-state index contributed by atoms with van der Waals surface area (Å²) in [5, 5.41) is 11.0. The number of nitrogens with zero attached hydrogens (tertiary/aromatic N) is 4. The second-order valence-corrected chi connectivity index (χ2v) is 7.18. The number of anilines is 1. The molecule has 0 amide bonds. The number of aromatic nitrogens is 4. The SMILES string of the molecule is CC(C)C1=C=CCN=C(Nc2ccc3nccc(-c4cn[nH]c4)c3n2)S1. The third-order valence-corrected chi connectivity index (χ3v) is 5.16. The van der Waals surface area contributed by atoms with Crippen LogP contribution in [0, 0.1) is 5.92 Å². The number of thioether (sulfide) groups is 1. The summed E-state index contributed by atoms with van der Waals surface area (Å²) in [6.07, 6.45) is 7.39. The normalized spacial score (nSPS) is 14.3. The fourth-order valence-corrected chi connectivity index (χ4v) is 3.51. The zero-order chi connectivity index (χ0) is 17.9. The number of H-pyrrole nitrogens is 1. The Kier molecular flexibility index (Phi) is 4.56. The predicted molar refractivity (Wildman–Crippen MR) is 107 cm³/mol. The highest BCUT2D eigenvalue weighted by atomic mass is 32.2. The lowest BCUT2D eigenvalue weighted by Crippen LogP contribution is -2.10. The van der Waals surface area contributed by atoms with Crippen molar-refractivity contribution in [3.8, 4) is 11.1 Å². The van der Waals surface area contributed by atoms with Gasteiger partial charge in [-0.05, 0) is 42.0 Å². The van der Waals surface area contributed by atoms with Gasteiger partial charge in [0.15, 0.2) is 5.17 Å². The number of amidine groups is 1. The molecule has 0 saturated carbocycles. The zero-order valence-corrected chi connectivity index (χ0v) is 15.3. The molecule has 1 aliphatic rings. The molecule has 4 heterocycles. The molecule has 0 saturated heterocycles. The van der Waals surface area contributed by atoms with Crippen molar-refractivity contribution in [2.75, 3.05) is 11.9 Å². The lowest BCUT2D eigenvalue weighted by molar-refractivity contribution is 0.819.